The number of hydrogen-bond donors (Lipinski definition) is 2. The number of hydrogen-bond acceptors (Lipinski definition) is 3. The van der Waals surface area contributed by atoms with Gasteiger partial charge in [-0.1, -0.05) is 24.6 Å². The van der Waals surface area contributed by atoms with Crippen LogP contribution < -0.4 is 10.6 Å². The average molecular weight is 378 g/mol. The van der Waals surface area contributed by atoms with E-state index in [1.165, 1.54) is 5.56 Å². The summed E-state index contributed by atoms with van der Waals surface area (Å²) in [5.41, 5.74) is 3.07. The summed E-state index contributed by atoms with van der Waals surface area (Å²) in [5, 5.41) is 6.04. The molecule has 2 unspecified atom stereocenters. The summed E-state index contributed by atoms with van der Waals surface area (Å²) in [5.74, 6) is 0.00211. The van der Waals surface area contributed by atoms with Crippen molar-refractivity contribution in [2.45, 2.75) is 38.1 Å². The van der Waals surface area contributed by atoms with Crippen LogP contribution in [0.1, 0.15) is 30.5 Å². The predicted octanol–water partition coefficient (Wildman–Crippen LogP) is 3.00. The predicted molar refractivity (Wildman–Crippen MR) is 108 cm³/mol. The number of likely N-dealkylation sites (tertiary alicyclic amines) is 1. The number of aryl methyl sites for hydroxylation is 2. The number of rotatable bonds is 4. The summed E-state index contributed by atoms with van der Waals surface area (Å²) in [4.78, 5) is 31.0. The monoisotopic (exact) mass is 378 g/mol. The highest BCUT2D eigenvalue weighted by molar-refractivity contribution is 5.90. The van der Waals surface area contributed by atoms with E-state index in [1.807, 2.05) is 48.7 Å². The number of amides is 3. The molecule has 6 nitrogen and oxygen atoms in total. The minimum atomic E-state index is -0.130. The molecule has 2 aliphatic heterocycles. The van der Waals surface area contributed by atoms with E-state index in [1.54, 1.807) is 4.90 Å². The van der Waals surface area contributed by atoms with Crippen LogP contribution >= 0.6 is 0 Å². The lowest BCUT2D eigenvalue weighted by Crippen LogP contribution is -2.43. The van der Waals surface area contributed by atoms with Gasteiger partial charge in [0.05, 0.1) is 5.92 Å². The van der Waals surface area contributed by atoms with Crippen LogP contribution in [-0.4, -0.2) is 41.0 Å². The first kappa shape index (κ1) is 18.5. The Morgan fingerprint density at radius 3 is 2.75 bits per heavy atom. The third-order valence-corrected chi connectivity index (χ3v) is 5.59. The molecule has 0 radical (unpaired) electrons. The molecule has 2 aromatic rings. The van der Waals surface area contributed by atoms with Gasteiger partial charge in [0.2, 0.25) is 5.91 Å². The molecule has 3 amide bonds. The van der Waals surface area contributed by atoms with Crippen LogP contribution in [-0.2, 0) is 17.6 Å². The Hall–Kier alpha value is -2.89. The highest BCUT2D eigenvalue weighted by Crippen LogP contribution is 2.22. The number of pyridine rings is 1. The Balaban J connectivity index is 1.33. The molecule has 4 rings (SSSR count). The molecule has 146 valence electrons. The third kappa shape index (κ3) is 4.50. The van der Waals surface area contributed by atoms with E-state index in [4.69, 9.17) is 0 Å². The Labute approximate surface area is 165 Å². The maximum Gasteiger partial charge on any atom is 0.321 e. The molecule has 0 aliphatic carbocycles. The van der Waals surface area contributed by atoms with Gasteiger partial charge < -0.3 is 15.5 Å². The van der Waals surface area contributed by atoms with Gasteiger partial charge in [0.25, 0.3) is 0 Å². The minimum Gasteiger partial charge on any atom is -0.351 e. The number of urea groups is 1. The van der Waals surface area contributed by atoms with Crippen LogP contribution in [0.5, 0.6) is 0 Å². The molecule has 2 bridgehead atoms. The SMILES string of the molecule is O=C1NC2CCCC1CN(C(=O)Nc1ccc(CCc3ccccn3)cc1)C2. The molecular weight excluding hydrogens is 352 g/mol. The van der Waals surface area contributed by atoms with Gasteiger partial charge in [0.1, 0.15) is 0 Å². The quantitative estimate of drug-likeness (QED) is 0.859. The van der Waals surface area contributed by atoms with Gasteiger partial charge >= 0.3 is 6.03 Å². The van der Waals surface area contributed by atoms with Crippen LogP contribution in [0.3, 0.4) is 0 Å². The molecule has 6 heteroatoms. The Morgan fingerprint density at radius 1 is 1.11 bits per heavy atom. The number of fused-ring (bicyclic) bond motifs is 3. The molecular formula is C22H26N4O2. The van der Waals surface area contributed by atoms with Crippen molar-refractivity contribution in [1.29, 1.82) is 0 Å². The number of anilines is 1. The van der Waals surface area contributed by atoms with E-state index in [0.29, 0.717) is 13.1 Å². The van der Waals surface area contributed by atoms with Crippen molar-refractivity contribution in [3.8, 4) is 0 Å². The summed E-state index contributed by atoms with van der Waals surface area (Å²) >= 11 is 0. The Kier molecular flexibility index (Phi) is 5.55. The molecule has 1 aromatic heterocycles. The first-order valence-electron chi connectivity index (χ1n) is 10.0. The fourth-order valence-corrected chi connectivity index (χ4v) is 3.99. The van der Waals surface area contributed by atoms with Gasteiger partial charge in [0.15, 0.2) is 0 Å². The maximum atomic E-state index is 12.7. The summed E-state index contributed by atoms with van der Waals surface area (Å²) in [6.07, 6.45) is 6.46. The zero-order chi connectivity index (χ0) is 19.3. The first-order chi connectivity index (χ1) is 13.7. The van der Waals surface area contributed by atoms with Gasteiger partial charge in [-0.25, -0.2) is 4.79 Å². The summed E-state index contributed by atoms with van der Waals surface area (Å²) < 4.78 is 0. The highest BCUT2D eigenvalue weighted by Gasteiger charge is 2.34. The number of carbonyl (C=O) groups is 2. The number of aromatic nitrogens is 1. The second-order valence-electron chi connectivity index (χ2n) is 7.69. The average Bonchev–Trinajstić information content (AvgIpc) is 2.97. The second kappa shape index (κ2) is 8.42. The molecule has 28 heavy (non-hydrogen) atoms. The third-order valence-electron chi connectivity index (χ3n) is 5.59. The van der Waals surface area contributed by atoms with E-state index in [-0.39, 0.29) is 23.9 Å². The number of nitrogens with one attached hydrogen (secondary N) is 2. The van der Waals surface area contributed by atoms with Crippen molar-refractivity contribution < 1.29 is 9.59 Å². The van der Waals surface area contributed by atoms with E-state index in [2.05, 4.69) is 15.6 Å². The Bertz CT molecular complexity index is 822. The molecule has 2 aliphatic rings. The van der Waals surface area contributed by atoms with Crippen molar-refractivity contribution in [2.75, 3.05) is 18.4 Å². The van der Waals surface area contributed by atoms with Crippen LogP contribution in [0.2, 0.25) is 0 Å². The normalized spacial score (nSPS) is 21.6. The molecule has 0 spiro atoms. The topological polar surface area (TPSA) is 74.3 Å². The van der Waals surface area contributed by atoms with Crippen molar-refractivity contribution in [2.24, 2.45) is 5.92 Å². The fourth-order valence-electron chi connectivity index (χ4n) is 3.99. The van der Waals surface area contributed by atoms with Gasteiger partial charge in [-0.2, -0.15) is 0 Å². The Morgan fingerprint density at radius 2 is 1.96 bits per heavy atom. The van der Waals surface area contributed by atoms with E-state index < -0.39 is 0 Å². The van der Waals surface area contributed by atoms with Crippen LogP contribution in [0.15, 0.2) is 48.7 Å². The lowest BCUT2D eigenvalue weighted by molar-refractivity contribution is -0.124. The van der Waals surface area contributed by atoms with Gasteiger partial charge in [-0.15, -0.1) is 0 Å². The lowest BCUT2D eigenvalue weighted by Gasteiger charge is -2.27. The van der Waals surface area contributed by atoms with Crippen molar-refractivity contribution in [1.82, 2.24) is 15.2 Å². The zero-order valence-electron chi connectivity index (χ0n) is 15.9. The smallest absolute Gasteiger partial charge is 0.321 e. The molecule has 2 atom stereocenters. The lowest BCUT2D eigenvalue weighted by atomic mass is 9.99. The number of benzene rings is 1. The second-order valence-corrected chi connectivity index (χ2v) is 7.69. The van der Waals surface area contributed by atoms with E-state index >= 15 is 0 Å². The van der Waals surface area contributed by atoms with Crippen LogP contribution in [0.25, 0.3) is 0 Å². The number of carbonyl (C=O) groups excluding carboxylic acids is 2. The maximum absolute atomic E-state index is 12.7. The molecule has 2 saturated heterocycles. The summed E-state index contributed by atoms with van der Waals surface area (Å²) in [6.45, 7) is 1.08. The van der Waals surface area contributed by atoms with Gasteiger partial charge in [-0.05, 0) is 55.5 Å². The summed E-state index contributed by atoms with van der Waals surface area (Å²) in [6, 6.07) is 13.9. The highest BCUT2D eigenvalue weighted by atomic mass is 16.2. The molecule has 1 aromatic carbocycles. The summed E-state index contributed by atoms with van der Waals surface area (Å²) in [7, 11) is 0. The van der Waals surface area contributed by atoms with E-state index in [0.717, 1.165) is 43.5 Å². The van der Waals surface area contributed by atoms with Gasteiger partial charge in [-0.3, -0.25) is 9.78 Å². The number of nitrogens with zero attached hydrogens (tertiary/aromatic N) is 2. The minimum absolute atomic E-state index is 0.0692. The van der Waals surface area contributed by atoms with E-state index in [9.17, 15) is 9.59 Å². The largest absolute Gasteiger partial charge is 0.351 e. The van der Waals surface area contributed by atoms with Crippen LogP contribution in [0.4, 0.5) is 10.5 Å². The molecule has 2 fully saturated rings. The van der Waals surface area contributed by atoms with Gasteiger partial charge in [0, 0.05) is 36.7 Å². The first-order valence-corrected chi connectivity index (χ1v) is 10.0. The molecule has 3 heterocycles. The van der Waals surface area contributed by atoms with Crippen molar-refractivity contribution >= 4 is 17.6 Å². The van der Waals surface area contributed by atoms with Crippen molar-refractivity contribution in [3.63, 3.8) is 0 Å². The van der Waals surface area contributed by atoms with Crippen LogP contribution in [0, 0.1) is 5.92 Å². The fraction of sp³-hybridized carbons (Fsp3) is 0.409. The van der Waals surface area contributed by atoms with Crippen molar-refractivity contribution in [3.05, 3.63) is 59.9 Å². The standard InChI is InChI=1S/C22H26N4O2/c27-21-17-4-3-6-20(24-21)15-26(14-17)22(28)25-19-11-8-16(9-12-19)7-10-18-5-1-2-13-23-18/h1-2,5,8-9,11-13,17,20H,3-4,6-7,10,14-15H2,(H,24,27)(H,25,28). The molecule has 0 saturated carbocycles. The molecule has 2 N–H and O–H groups in total. The zero-order valence-corrected chi connectivity index (χ0v) is 15.9.